The molecule has 14 heavy (non-hydrogen) atoms. The van der Waals surface area contributed by atoms with E-state index >= 15 is 0 Å². The highest BCUT2D eigenvalue weighted by atomic mass is 16.5. The topological polar surface area (TPSA) is 74.2 Å². The first-order valence-electron chi connectivity index (χ1n) is 4.83. The number of methoxy groups -OCH3 is 1. The largest absolute Gasteiger partial charge is 0.377 e. The van der Waals surface area contributed by atoms with Crippen LogP contribution in [-0.4, -0.2) is 23.8 Å². The molecule has 0 spiro atoms. The van der Waals surface area contributed by atoms with Crippen LogP contribution in [0.15, 0.2) is 4.52 Å². The Hall–Kier alpha value is -0.940. The van der Waals surface area contributed by atoms with E-state index in [4.69, 9.17) is 15.0 Å². The second-order valence-corrected chi connectivity index (χ2v) is 3.20. The van der Waals surface area contributed by atoms with Crippen molar-refractivity contribution in [3.05, 3.63) is 11.7 Å². The van der Waals surface area contributed by atoms with Gasteiger partial charge in [-0.15, -0.1) is 0 Å². The fraction of sp³-hybridized carbons (Fsp3) is 0.778. The van der Waals surface area contributed by atoms with Gasteiger partial charge < -0.3 is 15.0 Å². The number of rotatable bonds is 6. The molecule has 0 saturated carbocycles. The van der Waals surface area contributed by atoms with E-state index in [-0.39, 0.29) is 5.92 Å². The molecule has 1 rings (SSSR count). The molecule has 0 aliphatic rings. The molecule has 2 N–H and O–H groups in total. The molecule has 1 aromatic rings. The van der Waals surface area contributed by atoms with Gasteiger partial charge in [-0.25, -0.2) is 0 Å². The van der Waals surface area contributed by atoms with Crippen molar-refractivity contribution in [3.8, 4) is 0 Å². The van der Waals surface area contributed by atoms with Crippen molar-refractivity contribution >= 4 is 0 Å². The lowest BCUT2D eigenvalue weighted by Crippen LogP contribution is -2.12. The van der Waals surface area contributed by atoms with Gasteiger partial charge in [0.25, 0.3) is 0 Å². The first-order valence-corrected chi connectivity index (χ1v) is 4.83. The quantitative estimate of drug-likeness (QED) is 0.741. The van der Waals surface area contributed by atoms with Crippen molar-refractivity contribution in [1.82, 2.24) is 10.1 Å². The second kappa shape index (κ2) is 5.72. The van der Waals surface area contributed by atoms with E-state index in [1.807, 2.05) is 0 Å². The van der Waals surface area contributed by atoms with Gasteiger partial charge in [0.1, 0.15) is 6.61 Å². The molecule has 5 heteroatoms. The zero-order valence-corrected chi connectivity index (χ0v) is 8.69. The third-order valence-corrected chi connectivity index (χ3v) is 2.03. The molecule has 0 fully saturated rings. The average Bonchev–Trinajstić information content (AvgIpc) is 2.63. The monoisotopic (exact) mass is 199 g/mol. The van der Waals surface area contributed by atoms with Gasteiger partial charge in [0, 0.05) is 13.7 Å². The summed E-state index contributed by atoms with van der Waals surface area (Å²) in [7, 11) is 1.60. The number of nitrogens with two attached hydrogens (primary N) is 1. The Morgan fingerprint density at radius 1 is 1.57 bits per heavy atom. The molecule has 1 atom stereocenters. The lowest BCUT2D eigenvalue weighted by molar-refractivity contribution is 0.174. The summed E-state index contributed by atoms with van der Waals surface area (Å²) in [6.07, 6.45) is 2.04. The number of hydrogen-bond donors (Lipinski definition) is 1. The maximum absolute atomic E-state index is 5.62. The molecule has 1 heterocycles. The van der Waals surface area contributed by atoms with E-state index in [1.165, 1.54) is 0 Å². The first kappa shape index (κ1) is 11.1. The van der Waals surface area contributed by atoms with Crippen LogP contribution in [0.3, 0.4) is 0 Å². The summed E-state index contributed by atoms with van der Waals surface area (Å²) in [4.78, 5) is 4.21. The van der Waals surface area contributed by atoms with Crippen LogP contribution >= 0.6 is 0 Å². The van der Waals surface area contributed by atoms with Crippen LogP contribution in [0.2, 0.25) is 0 Å². The molecular weight excluding hydrogens is 182 g/mol. The van der Waals surface area contributed by atoms with Crippen molar-refractivity contribution < 1.29 is 9.26 Å². The summed E-state index contributed by atoms with van der Waals surface area (Å²) >= 11 is 0. The van der Waals surface area contributed by atoms with Crippen molar-refractivity contribution in [2.24, 2.45) is 5.73 Å². The number of aromatic nitrogens is 2. The van der Waals surface area contributed by atoms with Crippen LogP contribution < -0.4 is 5.73 Å². The summed E-state index contributed by atoms with van der Waals surface area (Å²) < 4.78 is 10.00. The van der Waals surface area contributed by atoms with Gasteiger partial charge in [-0.05, 0) is 6.42 Å². The minimum atomic E-state index is 0.179. The van der Waals surface area contributed by atoms with E-state index < -0.39 is 0 Å². The Balaban J connectivity index is 2.63. The lowest BCUT2D eigenvalue weighted by atomic mass is 10.0. The van der Waals surface area contributed by atoms with Gasteiger partial charge in [-0.3, -0.25) is 0 Å². The second-order valence-electron chi connectivity index (χ2n) is 3.20. The molecular formula is C9H17N3O2. The van der Waals surface area contributed by atoms with Gasteiger partial charge in [-0.1, -0.05) is 18.5 Å². The van der Waals surface area contributed by atoms with Crippen LogP contribution in [0.25, 0.3) is 0 Å². The summed E-state index contributed by atoms with van der Waals surface area (Å²) in [6.45, 7) is 3.03. The van der Waals surface area contributed by atoms with Gasteiger partial charge in [-0.2, -0.15) is 4.98 Å². The molecule has 0 bridgehead atoms. The van der Waals surface area contributed by atoms with Crippen LogP contribution in [-0.2, 0) is 11.3 Å². The number of hydrogen-bond acceptors (Lipinski definition) is 5. The average molecular weight is 199 g/mol. The van der Waals surface area contributed by atoms with Crippen LogP contribution in [0.5, 0.6) is 0 Å². The van der Waals surface area contributed by atoms with Crippen LogP contribution in [0.1, 0.15) is 37.4 Å². The summed E-state index contributed by atoms with van der Waals surface area (Å²) in [5.74, 6) is 1.39. The maximum Gasteiger partial charge on any atom is 0.231 e. The van der Waals surface area contributed by atoms with Gasteiger partial charge in [0.15, 0.2) is 5.82 Å². The molecule has 0 amide bonds. The highest BCUT2D eigenvalue weighted by Gasteiger charge is 2.16. The predicted molar refractivity (Wildman–Crippen MR) is 51.7 cm³/mol. The molecule has 80 valence electrons. The van der Waals surface area contributed by atoms with E-state index in [0.717, 1.165) is 12.8 Å². The Labute approximate surface area is 83.6 Å². The van der Waals surface area contributed by atoms with Crippen LogP contribution in [0.4, 0.5) is 0 Å². The van der Waals surface area contributed by atoms with Crippen molar-refractivity contribution in [1.29, 1.82) is 0 Å². The molecule has 0 radical (unpaired) electrons. The summed E-state index contributed by atoms with van der Waals surface area (Å²) in [5.41, 5.74) is 5.62. The minimum absolute atomic E-state index is 0.179. The predicted octanol–water partition coefficient (Wildman–Crippen LogP) is 1.06. The standard InChI is InChI=1S/C9H17N3O2/c1-3-4-7(5-10)9-11-8(6-13-2)12-14-9/h7H,3-6,10H2,1-2H3. The van der Waals surface area contributed by atoms with E-state index in [1.54, 1.807) is 7.11 Å². The van der Waals surface area contributed by atoms with E-state index in [0.29, 0.717) is 24.9 Å². The zero-order valence-electron chi connectivity index (χ0n) is 8.69. The SMILES string of the molecule is CCCC(CN)c1nc(COC)no1. The molecule has 1 unspecified atom stereocenters. The molecule has 5 nitrogen and oxygen atoms in total. The van der Waals surface area contributed by atoms with Crippen molar-refractivity contribution in [2.75, 3.05) is 13.7 Å². The molecule has 0 aliphatic carbocycles. The Kier molecular flexibility index (Phi) is 4.55. The van der Waals surface area contributed by atoms with Gasteiger partial charge in [0.05, 0.1) is 5.92 Å². The third kappa shape index (κ3) is 2.78. The van der Waals surface area contributed by atoms with Crippen molar-refractivity contribution in [2.45, 2.75) is 32.3 Å². The van der Waals surface area contributed by atoms with E-state index in [9.17, 15) is 0 Å². The maximum atomic E-state index is 5.62. The smallest absolute Gasteiger partial charge is 0.231 e. The lowest BCUT2D eigenvalue weighted by Gasteiger charge is -2.06. The summed E-state index contributed by atoms with van der Waals surface area (Å²) in [6, 6.07) is 0. The van der Waals surface area contributed by atoms with Gasteiger partial charge >= 0.3 is 0 Å². The van der Waals surface area contributed by atoms with Crippen LogP contribution in [0, 0.1) is 0 Å². The molecule has 0 aliphatic heterocycles. The fourth-order valence-electron chi connectivity index (χ4n) is 1.31. The molecule has 0 saturated heterocycles. The van der Waals surface area contributed by atoms with Gasteiger partial charge in [0.2, 0.25) is 5.89 Å². The normalized spacial score (nSPS) is 13.1. The number of ether oxygens (including phenoxy) is 1. The zero-order chi connectivity index (χ0) is 10.4. The van der Waals surface area contributed by atoms with Crippen molar-refractivity contribution in [3.63, 3.8) is 0 Å². The Morgan fingerprint density at radius 2 is 2.36 bits per heavy atom. The van der Waals surface area contributed by atoms with E-state index in [2.05, 4.69) is 17.1 Å². The molecule has 0 aromatic carbocycles. The highest BCUT2D eigenvalue weighted by Crippen LogP contribution is 2.17. The third-order valence-electron chi connectivity index (χ3n) is 2.03. The fourth-order valence-corrected chi connectivity index (χ4v) is 1.31. The Bertz CT molecular complexity index is 262. The Morgan fingerprint density at radius 3 is 2.93 bits per heavy atom. The number of nitrogens with zero attached hydrogens (tertiary/aromatic N) is 2. The summed E-state index contributed by atoms with van der Waals surface area (Å²) in [5, 5.41) is 3.79. The highest BCUT2D eigenvalue weighted by molar-refractivity contribution is 4.93. The minimum Gasteiger partial charge on any atom is -0.377 e. The molecule has 1 aromatic heterocycles. The first-order chi connectivity index (χ1) is 6.81.